The molecule has 0 aromatic rings. The minimum absolute atomic E-state index is 0.00713. The molecule has 0 amide bonds. The van der Waals surface area contributed by atoms with Gasteiger partial charge in [0.2, 0.25) is 0 Å². The van der Waals surface area contributed by atoms with E-state index in [9.17, 15) is 0 Å². The number of allylic oxidation sites excluding steroid dienone is 1. The molecule has 1 rings (SSSR count). The maximum Gasteiger partial charge on any atom is 0.0832 e. The molecular weight excluding hydrogens is 210 g/mol. The molecule has 0 heterocycles. The van der Waals surface area contributed by atoms with Gasteiger partial charge in [-0.25, -0.2) is 0 Å². The molecule has 1 aliphatic rings. The van der Waals surface area contributed by atoms with E-state index in [0.717, 1.165) is 32.3 Å². The lowest BCUT2D eigenvalue weighted by atomic mass is 9.88. The summed E-state index contributed by atoms with van der Waals surface area (Å²) in [5, 5.41) is 0. The Balaban J connectivity index is 2.28. The van der Waals surface area contributed by atoms with Gasteiger partial charge in [-0.3, -0.25) is 0 Å². The van der Waals surface area contributed by atoms with E-state index in [1.54, 1.807) is 0 Å². The first-order chi connectivity index (χ1) is 8.25. The SMILES string of the molecule is C=CCCCCCC(N)C1(OCC)CCCC1. The summed E-state index contributed by atoms with van der Waals surface area (Å²) < 4.78 is 5.99. The Morgan fingerprint density at radius 1 is 1.29 bits per heavy atom. The number of ether oxygens (including phenoxy) is 1. The molecule has 0 radical (unpaired) electrons. The van der Waals surface area contributed by atoms with Crippen LogP contribution in [0.4, 0.5) is 0 Å². The number of hydrogen-bond acceptors (Lipinski definition) is 2. The highest BCUT2D eigenvalue weighted by Crippen LogP contribution is 2.36. The minimum Gasteiger partial charge on any atom is -0.374 e. The van der Waals surface area contributed by atoms with Crippen LogP contribution >= 0.6 is 0 Å². The van der Waals surface area contributed by atoms with Crippen molar-refractivity contribution in [3.8, 4) is 0 Å². The lowest BCUT2D eigenvalue weighted by molar-refractivity contribution is -0.0546. The van der Waals surface area contributed by atoms with Gasteiger partial charge in [0, 0.05) is 12.6 Å². The molecule has 1 atom stereocenters. The van der Waals surface area contributed by atoms with E-state index in [-0.39, 0.29) is 11.6 Å². The Morgan fingerprint density at radius 2 is 2.00 bits per heavy atom. The molecule has 0 bridgehead atoms. The number of nitrogens with two attached hydrogens (primary N) is 1. The van der Waals surface area contributed by atoms with Crippen molar-refractivity contribution in [2.24, 2.45) is 5.73 Å². The van der Waals surface area contributed by atoms with E-state index in [1.165, 1.54) is 32.1 Å². The topological polar surface area (TPSA) is 35.2 Å². The first kappa shape index (κ1) is 14.7. The zero-order chi connectivity index (χ0) is 12.6. The molecule has 1 unspecified atom stereocenters. The van der Waals surface area contributed by atoms with Crippen molar-refractivity contribution in [2.45, 2.75) is 76.4 Å². The molecule has 100 valence electrons. The molecule has 1 aliphatic carbocycles. The summed E-state index contributed by atoms with van der Waals surface area (Å²) in [4.78, 5) is 0. The maximum atomic E-state index is 6.37. The minimum atomic E-state index is 0.00713. The van der Waals surface area contributed by atoms with Crippen LogP contribution in [-0.2, 0) is 4.74 Å². The molecule has 2 N–H and O–H groups in total. The van der Waals surface area contributed by atoms with Crippen LogP contribution in [0.15, 0.2) is 12.7 Å². The van der Waals surface area contributed by atoms with E-state index < -0.39 is 0 Å². The van der Waals surface area contributed by atoms with Gasteiger partial charge in [-0.1, -0.05) is 31.8 Å². The van der Waals surface area contributed by atoms with Crippen molar-refractivity contribution in [2.75, 3.05) is 6.61 Å². The molecule has 0 aromatic carbocycles. The summed E-state index contributed by atoms with van der Waals surface area (Å²) in [6, 6.07) is 0.230. The third kappa shape index (κ3) is 4.44. The molecule has 0 aromatic heterocycles. The van der Waals surface area contributed by atoms with Gasteiger partial charge in [0.25, 0.3) is 0 Å². The Hall–Kier alpha value is -0.340. The molecule has 17 heavy (non-hydrogen) atoms. The fourth-order valence-corrected chi connectivity index (χ4v) is 2.98. The Kier molecular flexibility index (Phi) is 6.83. The van der Waals surface area contributed by atoms with Gasteiger partial charge in [-0.15, -0.1) is 6.58 Å². The van der Waals surface area contributed by atoms with E-state index in [2.05, 4.69) is 13.5 Å². The van der Waals surface area contributed by atoms with Gasteiger partial charge >= 0.3 is 0 Å². The van der Waals surface area contributed by atoms with Gasteiger partial charge in [-0.2, -0.15) is 0 Å². The summed E-state index contributed by atoms with van der Waals surface area (Å²) in [5.41, 5.74) is 6.38. The van der Waals surface area contributed by atoms with Crippen LogP contribution in [0.5, 0.6) is 0 Å². The summed E-state index contributed by atoms with van der Waals surface area (Å²) >= 11 is 0. The Morgan fingerprint density at radius 3 is 2.59 bits per heavy atom. The highest BCUT2D eigenvalue weighted by atomic mass is 16.5. The highest BCUT2D eigenvalue weighted by molar-refractivity contribution is 4.95. The molecule has 0 aliphatic heterocycles. The average molecular weight is 239 g/mol. The van der Waals surface area contributed by atoms with Gasteiger partial charge in [-0.05, 0) is 39.0 Å². The quantitative estimate of drug-likeness (QED) is 0.490. The van der Waals surface area contributed by atoms with Crippen molar-refractivity contribution in [1.29, 1.82) is 0 Å². The van der Waals surface area contributed by atoms with Crippen LogP contribution in [-0.4, -0.2) is 18.2 Å². The second-order valence-corrected chi connectivity index (χ2v) is 5.24. The van der Waals surface area contributed by atoms with Crippen LogP contribution in [0.1, 0.15) is 64.7 Å². The maximum absolute atomic E-state index is 6.37. The molecule has 2 nitrogen and oxygen atoms in total. The fraction of sp³-hybridized carbons (Fsp3) is 0.867. The molecular formula is C15H29NO. The van der Waals surface area contributed by atoms with Gasteiger partial charge in [0.05, 0.1) is 5.60 Å². The van der Waals surface area contributed by atoms with Crippen molar-refractivity contribution in [1.82, 2.24) is 0 Å². The van der Waals surface area contributed by atoms with Crippen molar-refractivity contribution in [3.05, 3.63) is 12.7 Å². The van der Waals surface area contributed by atoms with E-state index in [0.29, 0.717) is 0 Å². The summed E-state index contributed by atoms with van der Waals surface area (Å²) in [5.74, 6) is 0. The highest BCUT2D eigenvalue weighted by Gasteiger charge is 2.39. The number of unbranched alkanes of at least 4 members (excludes halogenated alkanes) is 3. The predicted octanol–water partition coefficient (Wildman–Crippen LogP) is 3.80. The zero-order valence-electron chi connectivity index (χ0n) is 11.4. The lowest BCUT2D eigenvalue weighted by Gasteiger charge is -2.35. The monoisotopic (exact) mass is 239 g/mol. The second kappa shape index (κ2) is 7.88. The standard InChI is InChI=1S/C15H29NO/c1-3-5-6-7-8-11-14(16)15(17-4-2)12-9-10-13-15/h3,14H,1,4-13,16H2,2H3. The normalized spacial score (nSPS) is 20.4. The van der Waals surface area contributed by atoms with E-state index in [4.69, 9.17) is 10.5 Å². The van der Waals surface area contributed by atoms with Crippen LogP contribution in [0.3, 0.4) is 0 Å². The largest absolute Gasteiger partial charge is 0.374 e. The number of rotatable bonds is 9. The smallest absolute Gasteiger partial charge is 0.0832 e. The second-order valence-electron chi connectivity index (χ2n) is 5.24. The summed E-state index contributed by atoms with van der Waals surface area (Å²) in [7, 11) is 0. The van der Waals surface area contributed by atoms with Gasteiger partial charge in [0.15, 0.2) is 0 Å². The van der Waals surface area contributed by atoms with E-state index >= 15 is 0 Å². The predicted molar refractivity (Wildman–Crippen MR) is 74.1 cm³/mol. The Labute approximate surface area is 107 Å². The van der Waals surface area contributed by atoms with Crippen LogP contribution < -0.4 is 5.73 Å². The van der Waals surface area contributed by atoms with Crippen molar-refractivity contribution >= 4 is 0 Å². The summed E-state index contributed by atoms with van der Waals surface area (Å²) in [6.07, 6.45) is 12.9. The van der Waals surface area contributed by atoms with Gasteiger partial charge in [0.1, 0.15) is 0 Å². The fourth-order valence-electron chi connectivity index (χ4n) is 2.98. The molecule has 1 saturated carbocycles. The third-order valence-electron chi connectivity index (χ3n) is 3.98. The van der Waals surface area contributed by atoms with Gasteiger partial charge < -0.3 is 10.5 Å². The number of hydrogen-bond donors (Lipinski definition) is 1. The van der Waals surface area contributed by atoms with Crippen LogP contribution in [0.2, 0.25) is 0 Å². The van der Waals surface area contributed by atoms with Crippen LogP contribution in [0, 0.1) is 0 Å². The summed E-state index contributed by atoms with van der Waals surface area (Å²) in [6.45, 7) is 6.62. The average Bonchev–Trinajstić information content (AvgIpc) is 2.79. The van der Waals surface area contributed by atoms with Crippen molar-refractivity contribution < 1.29 is 4.74 Å². The van der Waals surface area contributed by atoms with Crippen molar-refractivity contribution in [3.63, 3.8) is 0 Å². The third-order valence-corrected chi connectivity index (χ3v) is 3.98. The Bertz CT molecular complexity index is 209. The first-order valence-electron chi connectivity index (χ1n) is 7.25. The molecule has 0 saturated heterocycles. The van der Waals surface area contributed by atoms with Crippen LogP contribution in [0.25, 0.3) is 0 Å². The molecule has 2 heteroatoms. The molecule has 1 fully saturated rings. The van der Waals surface area contributed by atoms with E-state index in [1.807, 2.05) is 6.08 Å². The molecule has 0 spiro atoms. The lowest BCUT2D eigenvalue weighted by Crippen LogP contribution is -2.48. The first-order valence-corrected chi connectivity index (χ1v) is 7.25. The zero-order valence-corrected chi connectivity index (χ0v) is 11.4.